The summed E-state index contributed by atoms with van der Waals surface area (Å²) >= 11 is 3.47. The Bertz CT molecular complexity index is 860. The Hall–Kier alpha value is -2.47. The third kappa shape index (κ3) is 2.21. The Kier molecular flexibility index (Phi) is 3.04. The Morgan fingerprint density at radius 2 is 1.86 bits per heavy atom. The molecule has 0 amide bonds. The van der Waals surface area contributed by atoms with Gasteiger partial charge in [0.25, 0.3) is 0 Å². The summed E-state index contributed by atoms with van der Waals surface area (Å²) in [6.07, 6.45) is 0. The summed E-state index contributed by atoms with van der Waals surface area (Å²) in [4.78, 5) is 1.39. The molecule has 0 fully saturated rings. The Morgan fingerprint density at radius 3 is 2.73 bits per heavy atom. The van der Waals surface area contributed by atoms with Crippen molar-refractivity contribution >= 4 is 15.9 Å². The van der Waals surface area contributed by atoms with Crippen LogP contribution in [0.2, 0.25) is 0 Å². The number of nitrogens with two attached hydrogens (primary N) is 1. The first-order valence-electron chi connectivity index (χ1n) is 6.72. The summed E-state index contributed by atoms with van der Waals surface area (Å²) in [7, 11) is 0. The van der Waals surface area contributed by atoms with E-state index >= 15 is 0 Å². The first-order valence-corrected chi connectivity index (χ1v) is 7.51. The van der Waals surface area contributed by atoms with Gasteiger partial charge in [-0.2, -0.15) is 9.89 Å². The van der Waals surface area contributed by atoms with Crippen molar-refractivity contribution in [3.05, 3.63) is 53.0 Å². The molecule has 22 heavy (non-hydrogen) atoms. The van der Waals surface area contributed by atoms with Crippen molar-refractivity contribution in [3.63, 3.8) is 0 Å². The Labute approximate surface area is 135 Å². The summed E-state index contributed by atoms with van der Waals surface area (Å²) in [6.45, 7) is 0.257. The van der Waals surface area contributed by atoms with Crippen molar-refractivity contribution in [2.75, 3.05) is 12.6 Å². The molecule has 0 atom stereocenters. The quantitative estimate of drug-likeness (QED) is 0.713. The Balaban J connectivity index is 1.77. The molecule has 0 bridgehead atoms. The van der Waals surface area contributed by atoms with Crippen molar-refractivity contribution in [3.8, 4) is 34.0 Å². The van der Waals surface area contributed by atoms with Crippen LogP contribution in [0.1, 0.15) is 0 Å². The van der Waals surface area contributed by atoms with Crippen LogP contribution in [0, 0.1) is 0 Å². The highest BCUT2D eigenvalue weighted by molar-refractivity contribution is 9.10. The van der Waals surface area contributed by atoms with Crippen molar-refractivity contribution < 1.29 is 9.47 Å². The van der Waals surface area contributed by atoms with E-state index in [1.54, 1.807) is 0 Å². The van der Waals surface area contributed by atoms with Crippen LogP contribution in [0.3, 0.4) is 0 Å². The molecule has 6 heteroatoms. The van der Waals surface area contributed by atoms with Crippen LogP contribution in [-0.2, 0) is 0 Å². The van der Waals surface area contributed by atoms with E-state index in [0.717, 1.165) is 38.5 Å². The van der Waals surface area contributed by atoms with Gasteiger partial charge in [0.2, 0.25) is 6.79 Å². The van der Waals surface area contributed by atoms with Crippen LogP contribution in [0.25, 0.3) is 22.5 Å². The summed E-state index contributed by atoms with van der Waals surface area (Å²) < 4.78 is 11.7. The molecule has 0 unspecified atom stereocenters. The van der Waals surface area contributed by atoms with Gasteiger partial charge >= 0.3 is 0 Å². The van der Waals surface area contributed by atoms with E-state index in [0.29, 0.717) is 0 Å². The molecule has 0 saturated heterocycles. The van der Waals surface area contributed by atoms with Crippen LogP contribution in [0.15, 0.2) is 53.0 Å². The van der Waals surface area contributed by atoms with Gasteiger partial charge in [0, 0.05) is 15.6 Å². The summed E-state index contributed by atoms with van der Waals surface area (Å²) in [6, 6.07) is 15.6. The van der Waals surface area contributed by atoms with Gasteiger partial charge < -0.3 is 15.3 Å². The lowest BCUT2D eigenvalue weighted by molar-refractivity contribution is 0.174. The molecule has 5 nitrogen and oxygen atoms in total. The summed E-state index contributed by atoms with van der Waals surface area (Å²) in [5.41, 5.74) is 3.56. The standard InChI is InChI=1S/C16H12BrN3O2/c17-12-3-1-2-11(6-12)14-8-13(19-20(14)18)10-4-5-15-16(7-10)22-9-21-15/h1-8H,9,18H2. The zero-order valence-electron chi connectivity index (χ0n) is 11.5. The van der Waals surface area contributed by atoms with Gasteiger partial charge in [-0.3, -0.25) is 0 Å². The molecule has 0 spiro atoms. The molecule has 0 saturated carbocycles. The lowest BCUT2D eigenvalue weighted by Gasteiger charge is -2.01. The van der Waals surface area contributed by atoms with E-state index in [9.17, 15) is 0 Å². The third-order valence-corrected chi connectivity index (χ3v) is 4.02. The van der Waals surface area contributed by atoms with Crippen molar-refractivity contribution in [2.24, 2.45) is 0 Å². The number of ether oxygens (including phenoxy) is 2. The second-order valence-electron chi connectivity index (χ2n) is 4.94. The normalized spacial score (nSPS) is 12.6. The molecule has 0 aliphatic carbocycles. The minimum atomic E-state index is 0.257. The third-order valence-electron chi connectivity index (χ3n) is 3.52. The SMILES string of the molecule is Nn1nc(-c2ccc3c(c2)OCO3)cc1-c1cccc(Br)c1. The van der Waals surface area contributed by atoms with Crippen LogP contribution < -0.4 is 15.3 Å². The molecule has 1 aliphatic heterocycles. The average Bonchev–Trinajstić information content (AvgIpc) is 3.12. The predicted octanol–water partition coefficient (Wildman–Crippen LogP) is 3.42. The second-order valence-corrected chi connectivity index (χ2v) is 5.85. The van der Waals surface area contributed by atoms with Crippen LogP contribution >= 0.6 is 15.9 Å². The van der Waals surface area contributed by atoms with Gasteiger partial charge in [0.15, 0.2) is 11.5 Å². The number of aromatic nitrogens is 2. The topological polar surface area (TPSA) is 62.3 Å². The zero-order valence-corrected chi connectivity index (χ0v) is 13.1. The predicted molar refractivity (Wildman–Crippen MR) is 87.1 cm³/mol. The summed E-state index contributed by atoms with van der Waals surface area (Å²) in [5, 5.41) is 4.40. The second kappa shape index (κ2) is 5.06. The van der Waals surface area contributed by atoms with Gasteiger partial charge in [-0.1, -0.05) is 28.1 Å². The van der Waals surface area contributed by atoms with E-state index in [-0.39, 0.29) is 6.79 Å². The lowest BCUT2D eigenvalue weighted by atomic mass is 10.1. The fraction of sp³-hybridized carbons (Fsp3) is 0.0625. The maximum absolute atomic E-state index is 6.01. The lowest BCUT2D eigenvalue weighted by Crippen LogP contribution is -2.11. The fourth-order valence-electron chi connectivity index (χ4n) is 2.45. The van der Waals surface area contributed by atoms with E-state index in [2.05, 4.69) is 21.0 Å². The van der Waals surface area contributed by atoms with E-state index in [1.807, 2.05) is 48.5 Å². The van der Waals surface area contributed by atoms with Gasteiger partial charge in [-0.05, 0) is 36.4 Å². The first kappa shape index (κ1) is 13.2. The van der Waals surface area contributed by atoms with E-state index in [1.165, 1.54) is 4.79 Å². The number of benzene rings is 2. The number of nitrogens with zero attached hydrogens (tertiary/aromatic N) is 2. The maximum Gasteiger partial charge on any atom is 0.231 e. The highest BCUT2D eigenvalue weighted by atomic mass is 79.9. The molecule has 4 rings (SSSR count). The molecule has 2 aromatic carbocycles. The van der Waals surface area contributed by atoms with E-state index < -0.39 is 0 Å². The van der Waals surface area contributed by atoms with Gasteiger partial charge in [-0.25, -0.2) is 0 Å². The number of halogens is 1. The number of nitrogen functional groups attached to an aromatic ring is 1. The van der Waals surface area contributed by atoms with Crippen molar-refractivity contribution in [1.82, 2.24) is 9.89 Å². The minimum absolute atomic E-state index is 0.257. The number of rotatable bonds is 2. The van der Waals surface area contributed by atoms with Crippen LogP contribution in [-0.4, -0.2) is 16.7 Å². The largest absolute Gasteiger partial charge is 0.454 e. The molecular formula is C16H12BrN3O2. The highest BCUT2D eigenvalue weighted by Crippen LogP contribution is 2.36. The maximum atomic E-state index is 6.01. The van der Waals surface area contributed by atoms with Crippen LogP contribution in [0.4, 0.5) is 0 Å². The van der Waals surface area contributed by atoms with Gasteiger partial charge in [-0.15, -0.1) is 0 Å². The van der Waals surface area contributed by atoms with Gasteiger partial charge in [0.1, 0.15) is 0 Å². The molecule has 110 valence electrons. The monoisotopic (exact) mass is 357 g/mol. The molecule has 2 heterocycles. The molecule has 1 aliphatic rings. The highest BCUT2D eigenvalue weighted by Gasteiger charge is 2.16. The zero-order chi connectivity index (χ0) is 15.1. The molecular weight excluding hydrogens is 346 g/mol. The number of fused-ring (bicyclic) bond motifs is 1. The number of hydrogen-bond donors (Lipinski definition) is 1. The molecule has 3 aromatic rings. The average molecular weight is 358 g/mol. The summed E-state index contributed by atoms with van der Waals surface area (Å²) in [5.74, 6) is 7.49. The van der Waals surface area contributed by atoms with E-state index in [4.69, 9.17) is 15.3 Å². The van der Waals surface area contributed by atoms with Crippen LogP contribution in [0.5, 0.6) is 11.5 Å². The Morgan fingerprint density at radius 1 is 1.00 bits per heavy atom. The first-order chi connectivity index (χ1) is 10.7. The molecule has 0 radical (unpaired) electrons. The smallest absolute Gasteiger partial charge is 0.231 e. The molecule has 1 aromatic heterocycles. The fourth-order valence-corrected chi connectivity index (χ4v) is 2.85. The minimum Gasteiger partial charge on any atom is -0.454 e. The molecule has 2 N–H and O–H groups in total. The number of hydrogen-bond acceptors (Lipinski definition) is 4. The van der Waals surface area contributed by atoms with Gasteiger partial charge in [0.05, 0.1) is 11.4 Å². The van der Waals surface area contributed by atoms with Crippen molar-refractivity contribution in [2.45, 2.75) is 0 Å². The van der Waals surface area contributed by atoms with Crippen molar-refractivity contribution in [1.29, 1.82) is 0 Å².